The number of thiol groups is 1. The van der Waals surface area contributed by atoms with Gasteiger partial charge in [0.2, 0.25) is 5.82 Å². The van der Waals surface area contributed by atoms with Gasteiger partial charge in [0.1, 0.15) is 11.6 Å². The minimum atomic E-state index is -1.03. The highest BCUT2D eigenvalue weighted by atomic mass is 32.1. The Morgan fingerprint density at radius 2 is 2.23 bits per heavy atom. The van der Waals surface area contributed by atoms with Gasteiger partial charge in [0.25, 0.3) is 0 Å². The van der Waals surface area contributed by atoms with E-state index < -0.39 is 16.4 Å². The molecule has 13 heavy (non-hydrogen) atoms. The topological polar surface area (TPSA) is 66.9 Å². The summed E-state index contributed by atoms with van der Waals surface area (Å²) in [5.74, 6) is -1.03. The summed E-state index contributed by atoms with van der Waals surface area (Å²) in [5, 5.41) is 18.8. The van der Waals surface area contributed by atoms with Crippen molar-refractivity contribution in [2.24, 2.45) is 0 Å². The number of nitro benzene ring substituents is 1. The molecule has 0 fully saturated rings. The fourth-order valence-electron chi connectivity index (χ4n) is 0.844. The van der Waals surface area contributed by atoms with Crippen molar-refractivity contribution in [3.05, 3.63) is 33.6 Å². The smallest absolute Gasteiger partial charge is 0.258 e. The van der Waals surface area contributed by atoms with Crippen molar-refractivity contribution in [2.75, 3.05) is 0 Å². The number of benzene rings is 1. The maximum Gasteiger partial charge on any atom is 0.323 e. The van der Waals surface area contributed by atoms with Crippen LogP contribution < -0.4 is 0 Å². The minimum absolute atomic E-state index is 0.0931. The van der Waals surface area contributed by atoms with Gasteiger partial charge in [0.15, 0.2) is 0 Å². The van der Waals surface area contributed by atoms with Gasteiger partial charge in [-0.05, 0) is 12.1 Å². The van der Waals surface area contributed by atoms with E-state index in [2.05, 4.69) is 12.6 Å². The molecule has 0 saturated carbocycles. The van der Waals surface area contributed by atoms with E-state index >= 15 is 0 Å². The fraction of sp³-hybridized carbons (Fsp3) is 0. The molecule has 0 N–H and O–H groups in total. The molecule has 66 valence electrons. The van der Waals surface area contributed by atoms with Crippen molar-refractivity contribution in [3.63, 3.8) is 0 Å². The zero-order chi connectivity index (χ0) is 10.0. The molecule has 6 heteroatoms. The lowest BCUT2D eigenvalue weighted by atomic mass is 10.2. The highest BCUT2D eigenvalue weighted by Gasteiger charge is 2.22. The average molecular weight is 198 g/mol. The van der Waals surface area contributed by atoms with Crippen LogP contribution in [0.4, 0.5) is 10.1 Å². The Balaban J connectivity index is 3.55. The van der Waals surface area contributed by atoms with Gasteiger partial charge < -0.3 is 0 Å². The van der Waals surface area contributed by atoms with E-state index in [0.29, 0.717) is 0 Å². The maximum atomic E-state index is 12.8. The van der Waals surface area contributed by atoms with Crippen LogP contribution in [0.25, 0.3) is 0 Å². The van der Waals surface area contributed by atoms with Crippen LogP contribution in [-0.4, -0.2) is 4.92 Å². The number of nitriles is 1. The second-order valence-corrected chi connectivity index (χ2v) is 2.64. The minimum Gasteiger partial charge on any atom is -0.258 e. The lowest BCUT2D eigenvalue weighted by molar-refractivity contribution is -0.388. The third-order valence-corrected chi connectivity index (χ3v) is 1.77. The van der Waals surface area contributed by atoms with Gasteiger partial charge in [-0.2, -0.15) is 9.65 Å². The van der Waals surface area contributed by atoms with E-state index in [1.807, 2.05) is 0 Å². The first-order valence-electron chi connectivity index (χ1n) is 3.14. The standard InChI is InChI=1S/C7H3FN2O2S/c8-5-1-2-6(13)4(3-9)7(5)10(11)12/h1-2,13H. The molecule has 4 nitrogen and oxygen atoms in total. The summed E-state index contributed by atoms with van der Waals surface area (Å²) in [4.78, 5) is 9.49. The SMILES string of the molecule is N#Cc1c(S)ccc(F)c1[N+](=O)[O-]. The first-order chi connectivity index (χ1) is 6.07. The summed E-state index contributed by atoms with van der Waals surface area (Å²) in [6, 6.07) is 3.63. The van der Waals surface area contributed by atoms with Crippen molar-refractivity contribution in [1.29, 1.82) is 5.26 Å². The molecule has 0 saturated heterocycles. The quantitative estimate of drug-likeness (QED) is 0.425. The van der Waals surface area contributed by atoms with E-state index in [-0.39, 0.29) is 10.5 Å². The van der Waals surface area contributed by atoms with Crippen molar-refractivity contribution >= 4 is 18.3 Å². The molecule has 0 aliphatic heterocycles. The Hall–Kier alpha value is -1.61. The molecule has 0 heterocycles. The molecule has 0 spiro atoms. The molecule has 1 aromatic rings. The molecule has 1 rings (SSSR count). The zero-order valence-electron chi connectivity index (χ0n) is 6.19. The number of rotatable bonds is 1. The van der Waals surface area contributed by atoms with Crippen molar-refractivity contribution in [2.45, 2.75) is 4.90 Å². The highest BCUT2D eigenvalue weighted by molar-refractivity contribution is 7.80. The van der Waals surface area contributed by atoms with Crippen molar-refractivity contribution in [3.8, 4) is 6.07 Å². The predicted molar refractivity (Wildman–Crippen MR) is 45.0 cm³/mol. The molecule has 1 aromatic carbocycles. The van der Waals surface area contributed by atoms with E-state index in [0.717, 1.165) is 6.07 Å². The Morgan fingerprint density at radius 3 is 2.62 bits per heavy atom. The highest BCUT2D eigenvalue weighted by Crippen LogP contribution is 2.26. The van der Waals surface area contributed by atoms with Gasteiger partial charge in [-0.3, -0.25) is 10.1 Å². The molecular weight excluding hydrogens is 195 g/mol. The molecule has 0 amide bonds. The number of nitro groups is 1. The maximum absolute atomic E-state index is 12.8. The Labute approximate surface area is 78.2 Å². The van der Waals surface area contributed by atoms with Gasteiger partial charge in [0, 0.05) is 4.90 Å². The first-order valence-corrected chi connectivity index (χ1v) is 3.58. The van der Waals surface area contributed by atoms with E-state index in [4.69, 9.17) is 5.26 Å². The van der Waals surface area contributed by atoms with E-state index in [9.17, 15) is 14.5 Å². The van der Waals surface area contributed by atoms with Crippen molar-refractivity contribution < 1.29 is 9.31 Å². The lowest BCUT2D eigenvalue weighted by Gasteiger charge is -1.98. The molecule has 0 radical (unpaired) electrons. The summed E-state index contributed by atoms with van der Waals surface area (Å²) >= 11 is 3.80. The average Bonchev–Trinajstić information content (AvgIpc) is 2.07. The molecule has 0 atom stereocenters. The summed E-state index contributed by atoms with van der Waals surface area (Å²) in [5.41, 5.74) is -1.18. The van der Waals surface area contributed by atoms with Gasteiger partial charge in [-0.25, -0.2) is 0 Å². The first kappa shape index (κ1) is 9.48. The molecule has 0 bridgehead atoms. The second-order valence-electron chi connectivity index (χ2n) is 2.16. The zero-order valence-corrected chi connectivity index (χ0v) is 7.09. The number of halogens is 1. The Morgan fingerprint density at radius 1 is 1.62 bits per heavy atom. The summed E-state index contributed by atoms with van der Waals surface area (Å²) in [6.45, 7) is 0. The lowest BCUT2D eigenvalue weighted by Crippen LogP contribution is -1.97. The van der Waals surface area contributed by atoms with Gasteiger partial charge >= 0.3 is 5.69 Å². The largest absolute Gasteiger partial charge is 0.323 e. The van der Waals surface area contributed by atoms with Crippen LogP contribution in [0, 0.1) is 27.3 Å². The normalized spacial score (nSPS) is 9.31. The third-order valence-electron chi connectivity index (χ3n) is 1.40. The number of nitrogens with zero attached hydrogens (tertiary/aromatic N) is 2. The molecule has 0 unspecified atom stereocenters. The van der Waals surface area contributed by atoms with E-state index in [1.54, 1.807) is 0 Å². The van der Waals surface area contributed by atoms with Crippen LogP contribution >= 0.6 is 12.6 Å². The van der Waals surface area contributed by atoms with Crippen LogP contribution in [-0.2, 0) is 0 Å². The third kappa shape index (κ3) is 1.60. The monoisotopic (exact) mass is 198 g/mol. The van der Waals surface area contributed by atoms with Crippen LogP contribution in [0.5, 0.6) is 0 Å². The Bertz CT molecular complexity index is 414. The molecule has 0 aliphatic carbocycles. The number of hydrogen-bond donors (Lipinski definition) is 1. The number of hydrogen-bond acceptors (Lipinski definition) is 4. The predicted octanol–water partition coefficient (Wildman–Crippen LogP) is 1.89. The van der Waals surface area contributed by atoms with Gasteiger partial charge in [-0.1, -0.05) is 0 Å². The van der Waals surface area contributed by atoms with E-state index in [1.165, 1.54) is 12.1 Å². The Kier molecular flexibility index (Phi) is 2.49. The van der Waals surface area contributed by atoms with Crippen LogP contribution in [0.3, 0.4) is 0 Å². The molecular formula is C7H3FN2O2S. The summed E-state index contributed by atoms with van der Waals surface area (Å²) in [7, 11) is 0. The van der Waals surface area contributed by atoms with Crippen LogP contribution in [0.1, 0.15) is 5.56 Å². The van der Waals surface area contributed by atoms with Gasteiger partial charge in [0.05, 0.1) is 4.92 Å². The summed E-state index contributed by atoms with van der Waals surface area (Å²) < 4.78 is 12.8. The summed E-state index contributed by atoms with van der Waals surface area (Å²) in [6.07, 6.45) is 0. The molecule has 0 aromatic heterocycles. The van der Waals surface area contributed by atoms with Crippen LogP contribution in [0.2, 0.25) is 0 Å². The van der Waals surface area contributed by atoms with Gasteiger partial charge in [-0.15, -0.1) is 12.6 Å². The molecule has 0 aliphatic rings. The second kappa shape index (κ2) is 3.41. The van der Waals surface area contributed by atoms with Crippen molar-refractivity contribution in [1.82, 2.24) is 0 Å². The fourth-order valence-corrected chi connectivity index (χ4v) is 1.07. The van der Waals surface area contributed by atoms with Crippen LogP contribution in [0.15, 0.2) is 17.0 Å².